The van der Waals surface area contributed by atoms with Crippen molar-refractivity contribution in [2.24, 2.45) is 5.18 Å². The van der Waals surface area contributed by atoms with Gasteiger partial charge < -0.3 is 28.4 Å². The van der Waals surface area contributed by atoms with Crippen LogP contribution in [0.5, 0.6) is 0 Å². The molecule has 1 aliphatic heterocycles. The first-order valence-electron chi connectivity index (χ1n) is 7.86. The summed E-state index contributed by atoms with van der Waals surface area (Å²) < 4.78 is 30.9. The number of nitroso groups, excluding NO2 is 1. The first-order chi connectivity index (χ1) is 12.6. The summed E-state index contributed by atoms with van der Waals surface area (Å²) in [5, 5.41) is 2.56. The number of hydrogen-bond donors (Lipinski definition) is 0. The fourth-order valence-electron chi connectivity index (χ4n) is 2.43. The van der Waals surface area contributed by atoms with Crippen LogP contribution < -0.4 is 0 Å². The molecule has 0 spiro atoms. The number of rotatable bonds is 8. The quantitative estimate of drug-likeness (QED) is 0.307. The van der Waals surface area contributed by atoms with E-state index in [1.807, 2.05) is 0 Å². The van der Waals surface area contributed by atoms with E-state index >= 15 is 0 Å². The van der Waals surface area contributed by atoms with Crippen molar-refractivity contribution in [2.45, 2.75) is 58.4 Å². The first kappa shape index (κ1) is 22.4. The summed E-state index contributed by atoms with van der Waals surface area (Å²) in [5.41, 5.74) is 0. The molecule has 0 saturated carbocycles. The maximum Gasteiger partial charge on any atom is 0.305 e. The maximum atomic E-state index is 11.5. The van der Waals surface area contributed by atoms with Gasteiger partial charge in [0.2, 0.25) is 12.4 Å². The normalized spacial score (nSPS) is 27.2. The summed E-state index contributed by atoms with van der Waals surface area (Å²) in [6.07, 6.45) is -6.51. The van der Waals surface area contributed by atoms with E-state index in [0.717, 1.165) is 27.7 Å². The molecule has 0 aromatic rings. The van der Waals surface area contributed by atoms with Crippen molar-refractivity contribution in [2.75, 3.05) is 13.3 Å². The summed E-state index contributed by atoms with van der Waals surface area (Å²) >= 11 is 0. The van der Waals surface area contributed by atoms with E-state index in [4.69, 9.17) is 28.4 Å². The van der Waals surface area contributed by atoms with Gasteiger partial charge in [0.25, 0.3) is 0 Å². The molecule has 1 fully saturated rings. The zero-order valence-electron chi connectivity index (χ0n) is 15.2. The second-order valence-corrected chi connectivity index (χ2v) is 5.49. The molecule has 0 bridgehead atoms. The highest BCUT2D eigenvalue weighted by atomic mass is 16.7. The molecule has 0 aliphatic carbocycles. The lowest BCUT2D eigenvalue weighted by Crippen LogP contribution is -2.62. The molecule has 1 saturated heterocycles. The minimum atomic E-state index is -1.47. The van der Waals surface area contributed by atoms with Crippen LogP contribution in [0, 0.1) is 4.91 Å². The molecule has 0 radical (unpaired) electrons. The van der Waals surface area contributed by atoms with Gasteiger partial charge in [0.15, 0.2) is 12.8 Å². The molecule has 1 rings (SSSR count). The van der Waals surface area contributed by atoms with Gasteiger partial charge in [-0.3, -0.25) is 19.2 Å². The van der Waals surface area contributed by atoms with Crippen LogP contribution >= 0.6 is 0 Å². The molecule has 0 aromatic carbocycles. The number of hydrogen-bond acceptors (Lipinski definition) is 12. The highest BCUT2D eigenvalue weighted by Crippen LogP contribution is 2.29. The van der Waals surface area contributed by atoms with Gasteiger partial charge in [0.1, 0.15) is 18.8 Å². The van der Waals surface area contributed by atoms with Crippen molar-refractivity contribution in [3.63, 3.8) is 0 Å². The third-order valence-corrected chi connectivity index (χ3v) is 3.25. The predicted molar refractivity (Wildman–Crippen MR) is 83.7 cm³/mol. The zero-order valence-corrected chi connectivity index (χ0v) is 15.2. The molecule has 5 atom stereocenters. The molecule has 1 aliphatic rings. The van der Waals surface area contributed by atoms with Gasteiger partial charge in [0, 0.05) is 27.7 Å². The average Bonchev–Trinajstić information content (AvgIpc) is 2.53. The van der Waals surface area contributed by atoms with E-state index in [2.05, 4.69) is 5.18 Å². The van der Waals surface area contributed by atoms with E-state index in [-0.39, 0.29) is 6.61 Å². The zero-order chi connectivity index (χ0) is 20.6. The third kappa shape index (κ3) is 7.27. The van der Waals surface area contributed by atoms with Crippen molar-refractivity contribution in [1.82, 2.24) is 0 Å². The lowest BCUT2D eigenvalue weighted by molar-refractivity contribution is -0.303. The van der Waals surface area contributed by atoms with Crippen LogP contribution in [0.1, 0.15) is 27.7 Å². The van der Waals surface area contributed by atoms with E-state index in [9.17, 15) is 24.1 Å². The summed E-state index contributed by atoms with van der Waals surface area (Å²) in [6.45, 7) is 3.41. The van der Waals surface area contributed by atoms with Crippen LogP contribution in [0.15, 0.2) is 5.18 Å². The molecule has 0 N–H and O–H groups in total. The van der Waals surface area contributed by atoms with E-state index in [1.54, 1.807) is 0 Å². The summed E-state index contributed by atoms with van der Waals surface area (Å²) in [6, 6.07) is 0. The first-order valence-corrected chi connectivity index (χ1v) is 7.86. The van der Waals surface area contributed by atoms with Gasteiger partial charge in [-0.2, -0.15) is 0 Å². The molecule has 27 heavy (non-hydrogen) atoms. The van der Waals surface area contributed by atoms with Crippen LogP contribution in [0.25, 0.3) is 0 Å². The average molecular weight is 391 g/mol. The highest BCUT2D eigenvalue weighted by Gasteiger charge is 2.52. The Hall–Kier alpha value is -2.60. The fourth-order valence-corrected chi connectivity index (χ4v) is 2.43. The van der Waals surface area contributed by atoms with Crippen LogP contribution in [0.3, 0.4) is 0 Å². The van der Waals surface area contributed by atoms with Gasteiger partial charge in [0.05, 0.1) is 0 Å². The second-order valence-electron chi connectivity index (χ2n) is 5.49. The Morgan fingerprint density at radius 2 is 1.37 bits per heavy atom. The Morgan fingerprint density at radius 3 is 1.85 bits per heavy atom. The van der Waals surface area contributed by atoms with Crippen LogP contribution in [-0.2, 0) is 47.6 Å². The fraction of sp³-hybridized carbons (Fsp3) is 0.733. The van der Waals surface area contributed by atoms with E-state index in [0.29, 0.717) is 0 Å². The molecule has 12 heteroatoms. The number of ether oxygens (including phenoxy) is 6. The lowest BCUT2D eigenvalue weighted by Gasteiger charge is -2.43. The Morgan fingerprint density at radius 1 is 0.815 bits per heavy atom. The highest BCUT2D eigenvalue weighted by molar-refractivity contribution is 5.68. The van der Waals surface area contributed by atoms with Gasteiger partial charge >= 0.3 is 23.9 Å². The Bertz CT molecular complexity index is 578. The van der Waals surface area contributed by atoms with Crippen LogP contribution in [0.4, 0.5) is 0 Å². The monoisotopic (exact) mass is 391 g/mol. The summed E-state index contributed by atoms with van der Waals surface area (Å²) in [4.78, 5) is 55.9. The smallest absolute Gasteiger partial charge is 0.305 e. The van der Waals surface area contributed by atoms with Crippen molar-refractivity contribution in [3.8, 4) is 0 Å². The minimum absolute atomic E-state index is 0.374. The Labute approximate surface area is 154 Å². The molecular formula is C15H21NO11. The minimum Gasteiger partial charge on any atom is -0.463 e. The molecular weight excluding hydrogens is 370 g/mol. The van der Waals surface area contributed by atoms with Crippen molar-refractivity contribution >= 4 is 23.9 Å². The second kappa shape index (κ2) is 10.5. The molecule has 0 amide bonds. The lowest BCUT2D eigenvalue weighted by atomic mass is 9.98. The van der Waals surface area contributed by atoms with E-state index < -0.39 is 61.3 Å². The molecule has 0 unspecified atom stereocenters. The predicted octanol–water partition coefficient (Wildman–Crippen LogP) is -0.190. The SMILES string of the molecule is CC(=O)OC[C@H]1O[C@H](OC(C)=O)[C@@H](OC(C)=O)[C@@H](OC(C)=O)[C@@H]1OCN=O. The van der Waals surface area contributed by atoms with Crippen molar-refractivity contribution < 1.29 is 47.6 Å². The summed E-state index contributed by atoms with van der Waals surface area (Å²) in [7, 11) is 0. The van der Waals surface area contributed by atoms with Gasteiger partial charge in [-0.15, -0.1) is 4.91 Å². The topological polar surface area (TPSA) is 153 Å². The molecule has 1 heterocycles. The molecule has 152 valence electrons. The molecule has 12 nitrogen and oxygen atoms in total. The van der Waals surface area contributed by atoms with Crippen molar-refractivity contribution in [1.29, 1.82) is 0 Å². The van der Waals surface area contributed by atoms with Gasteiger partial charge in [-0.25, -0.2) is 0 Å². The number of carbonyl (C=O) groups excluding carboxylic acids is 4. The maximum absolute atomic E-state index is 11.5. The van der Waals surface area contributed by atoms with Crippen LogP contribution in [0.2, 0.25) is 0 Å². The van der Waals surface area contributed by atoms with E-state index in [1.165, 1.54) is 0 Å². The number of carbonyl (C=O) groups is 4. The standard InChI is InChI=1S/C15H21NO11/c1-7(17)22-5-11-12(23-6-16-21)13(24-8(2)18)14(25-9(3)19)15(27-11)26-10(4)20/h11-15H,5-6H2,1-4H3/t11-,12-,13+,14+,15+/m1/s1. The number of esters is 4. The Kier molecular flexibility index (Phi) is 8.75. The number of nitrogens with zero attached hydrogens (tertiary/aromatic N) is 1. The van der Waals surface area contributed by atoms with Crippen molar-refractivity contribution in [3.05, 3.63) is 4.91 Å². The molecule has 0 aromatic heterocycles. The van der Waals surface area contributed by atoms with Gasteiger partial charge in [-0.05, 0) is 5.18 Å². The van der Waals surface area contributed by atoms with Crippen LogP contribution in [-0.4, -0.2) is 67.9 Å². The van der Waals surface area contributed by atoms with Gasteiger partial charge in [-0.1, -0.05) is 0 Å². The Balaban J connectivity index is 3.24. The largest absolute Gasteiger partial charge is 0.463 e. The third-order valence-electron chi connectivity index (χ3n) is 3.25. The summed E-state index contributed by atoms with van der Waals surface area (Å²) in [5.74, 6) is -2.94.